The zero-order valence-corrected chi connectivity index (χ0v) is 19.6. The van der Waals surface area contributed by atoms with E-state index in [0.717, 1.165) is 24.2 Å². The Labute approximate surface area is 187 Å². The van der Waals surface area contributed by atoms with Crippen LogP contribution < -0.4 is 10.1 Å². The fraction of sp³-hybridized carbons (Fsp3) is 0.481. The van der Waals surface area contributed by atoms with Gasteiger partial charge in [-0.25, -0.2) is 4.98 Å². The molecule has 1 heterocycles. The monoisotopic (exact) mass is 422 g/mol. The number of benzene rings is 1. The summed E-state index contributed by atoms with van der Waals surface area (Å²) in [5, 5.41) is 4.15. The number of ether oxygens (including phenoxy) is 1. The number of aryl methyl sites for hydroxylation is 1. The number of nitrogens with zero attached hydrogens (tertiary/aromatic N) is 1. The average molecular weight is 423 g/mol. The van der Waals surface area contributed by atoms with Gasteiger partial charge >= 0.3 is 0 Å². The molecule has 4 nitrogen and oxygen atoms in total. The zero-order chi connectivity index (χ0) is 22.5. The van der Waals surface area contributed by atoms with Crippen LogP contribution in [0.25, 0.3) is 10.9 Å². The lowest BCUT2D eigenvalue weighted by atomic mass is 10.1. The number of para-hydroxylation sites is 1. The molecular formula is C27H38N2O2. The van der Waals surface area contributed by atoms with Gasteiger partial charge in [-0.3, -0.25) is 4.79 Å². The van der Waals surface area contributed by atoms with Gasteiger partial charge in [-0.15, -0.1) is 0 Å². The Morgan fingerprint density at radius 2 is 1.81 bits per heavy atom. The Morgan fingerprint density at radius 3 is 2.61 bits per heavy atom. The molecule has 0 radical (unpaired) electrons. The molecule has 1 atom stereocenters. The number of pyridine rings is 1. The minimum atomic E-state index is -0.0258. The predicted octanol–water partition coefficient (Wildman–Crippen LogP) is 6.54. The van der Waals surface area contributed by atoms with Crippen molar-refractivity contribution in [3.63, 3.8) is 0 Å². The highest BCUT2D eigenvalue weighted by atomic mass is 16.5. The van der Waals surface area contributed by atoms with Crippen molar-refractivity contribution in [2.24, 2.45) is 5.92 Å². The van der Waals surface area contributed by atoms with Gasteiger partial charge in [-0.1, -0.05) is 69.5 Å². The summed E-state index contributed by atoms with van der Waals surface area (Å²) in [5.41, 5.74) is 2.19. The average Bonchev–Trinajstić information content (AvgIpc) is 2.74. The molecule has 4 heteroatoms. The first-order valence-corrected chi connectivity index (χ1v) is 11.6. The first-order valence-electron chi connectivity index (χ1n) is 11.6. The zero-order valence-electron chi connectivity index (χ0n) is 19.6. The highest BCUT2D eigenvalue weighted by Gasteiger charge is 2.07. The number of carbonyl (C=O) groups excluding carboxylic acids is 1. The Bertz CT molecular complexity index is 871. The Hall–Kier alpha value is -2.62. The van der Waals surface area contributed by atoms with E-state index in [2.05, 4.69) is 43.2 Å². The van der Waals surface area contributed by atoms with E-state index in [1.54, 1.807) is 6.08 Å². The normalized spacial score (nSPS) is 12.8. The summed E-state index contributed by atoms with van der Waals surface area (Å²) < 4.78 is 5.86. The third-order valence-electron chi connectivity index (χ3n) is 5.53. The number of hydrogen-bond acceptors (Lipinski definition) is 3. The molecule has 1 N–H and O–H groups in total. The van der Waals surface area contributed by atoms with Gasteiger partial charge in [0.2, 0.25) is 11.8 Å². The lowest BCUT2D eigenvalue weighted by Crippen LogP contribution is -2.34. The fourth-order valence-corrected chi connectivity index (χ4v) is 3.22. The highest BCUT2D eigenvalue weighted by molar-refractivity contribution is 5.88. The number of fused-ring (bicyclic) bond motifs is 1. The molecular weight excluding hydrogens is 384 g/mol. The number of nitrogens with one attached hydrogen (secondary N) is 1. The molecule has 0 aliphatic carbocycles. The van der Waals surface area contributed by atoms with E-state index >= 15 is 0 Å². The summed E-state index contributed by atoms with van der Waals surface area (Å²) >= 11 is 0. The summed E-state index contributed by atoms with van der Waals surface area (Å²) in [4.78, 5) is 16.3. The van der Waals surface area contributed by atoms with Crippen LogP contribution in [0.1, 0.15) is 64.9 Å². The van der Waals surface area contributed by atoms with E-state index in [1.165, 1.54) is 36.6 Å². The Balaban J connectivity index is 1.51. The number of amides is 1. The van der Waals surface area contributed by atoms with Gasteiger partial charge in [-0.2, -0.15) is 0 Å². The molecule has 0 bridgehead atoms. The van der Waals surface area contributed by atoms with E-state index in [9.17, 15) is 4.79 Å². The van der Waals surface area contributed by atoms with Crippen molar-refractivity contribution < 1.29 is 9.53 Å². The van der Waals surface area contributed by atoms with E-state index < -0.39 is 0 Å². The van der Waals surface area contributed by atoms with Gasteiger partial charge in [0.05, 0.1) is 12.1 Å². The van der Waals surface area contributed by atoms with Gasteiger partial charge in [-0.05, 0) is 50.7 Å². The highest BCUT2D eigenvalue weighted by Crippen LogP contribution is 2.21. The number of rotatable bonds is 13. The third kappa shape index (κ3) is 9.37. The van der Waals surface area contributed by atoms with Gasteiger partial charge in [0, 0.05) is 23.6 Å². The van der Waals surface area contributed by atoms with Crippen molar-refractivity contribution in [1.29, 1.82) is 0 Å². The first-order chi connectivity index (χ1) is 15.0. The molecule has 1 unspecified atom stereocenters. The molecule has 0 saturated carbocycles. The van der Waals surface area contributed by atoms with Crippen LogP contribution in [0.15, 0.2) is 54.6 Å². The molecule has 2 aromatic rings. The summed E-state index contributed by atoms with van der Waals surface area (Å²) in [7, 11) is 0. The van der Waals surface area contributed by atoms with Gasteiger partial charge in [0.15, 0.2) is 0 Å². The number of unbranched alkanes of at least 4 members (excludes halogenated alkanes) is 5. The van der Waals surface area contributed by atoms with Crippen LogP contribution in [0.3, 0.4) is 0 Å². The van der Waals surface area contributed by atoms with Crippen molar-refractivity contribution in [3.8, 4) is 5.88 Å². The van der Waals surface area contributed by atoms with E-state index in [-0.39, 0.29) is 11.9 Å². The topological polar surface area (TPSA) is 51.2 Å². The molecule has 0 spiro atoms. The maximum absolute atomic E-state index is 11.7. The largest absolute Gasteiger partial charge is 0.478 e. The Morgan fingerprint density at radius 1 is 1.06 bits per heavy atom. The van der Waals surface area contributed by atoms with Crippen LogP contribution in [-0.4, -0.2) is 23.5 Å². The van der Waals surface area contributed by atoms with Crippen LogP contribution in [0.2, 0.25) is 0 Å². The second-order valence-corrected chi connectivity index (χ2v) is 8.53. The number of aromatic nitrogens is 1. The van der Waals surface area contributed by atoms with Crippen molar-refractivity contribution in [2.45, 2.75) is 72.3 Å². The first kappa shape index (κ1) is 24.6. The van der Waals surface area contributed by atoms with Gasteiger partial charge in [0.1, 0.15) is 0 Å². The molecule has 1 aromatic carbocycles. The lowest BCUT2D eigenvalue weighted by molar-refractivity contribution is -0.117. The summed E-state index contributed by atoms with van der Waals surface area (Å²) in [6.45, 7) is 9.05. The fourth-order valence-electron chi connectivity index (χ4n) is 3.22. The standard InChI is InChI=1S/C27H38N2O2/c1-21(2)23(4)28-26(30)18-12-10-8-6-5-7-9-11-15-19-31-27-20-22(3)24-16-13-14-17-25(24)29-27/h8,10,12-14,16-18,20-21,23H,5-7,9,11,15,19H2,1-4H3,(H,28,30)/b10-8+,18-12+. The van der Waals surface area contributed by atoms with Crippen LogP contribution in [0.4, 0.5) is 0 Å². The minimum absolute atomic E-state index is 0.0258. The van der Waals surface area contributed by atoms with Crippen molar-refractivity contribution in [1.82, 2.24) is 10.3 Å². The molecule has 1 aromatic heterocycles. The van der Waals surface area contributed by atoms with Gasteiger partial charge in [0.25, 0.3) is 0 Å². The quantitative estimate of drug-likeness (QED) is 0.227. The van der Waals surface area contributed by atoms with E-state index in [0.29, 0.717) is 12.5 Å². The van der Waals surface area contributed by atoms with Crippen molar-refractivity contribution in [2.75, 3.05) is 6.61 Å². The van der Waals surface area contributed by atoms with E-state index in [1.807, 2.05) is 43.3 Å². The van der Waals surface area contributed by atoms with Crippen LogP contribution in [0.5, 0.6) is 5.88 Å². The molecule has 0 saturated heterocycles. The van der Waals surface area contributed by atoms with Crippen LogP contribution in [0, 0.1) is 12.8 Å². The molecule has 31 heavy (non-hydrogen) atoms. The molecule has 2 rings (SSSR count). The number of allylic oxidation sites excluding steroid dienone is 3. The summed E-state index contributed by atoms with van der Waals surface area (Å²) in [6, 6.07) is 10.4. The molecule has 0 fully saturated rings. The van der Waals surface area contributed by atoms with Crippen LogP contribution >= 0.6 is 0 Å². The molecule has 168 valence electrons. The third-order valence-corrected chi connectivity index (χ3v) is 5.53. The minimum Gasteiger partial charge on any atom is -0.478 e. The second kappa shape index (κ2) is 13.6. The number of carbonyl (C=O) groups is 1. The van der Waals surface area contributed by atoms with Crippen molar-refractivity contribution >= 4 is 16.8 Å². The molecule has 1 amide bonds. The van der Waals surface area contributed by atoms with Gasteiger partial charge < -0.3 is 10.1 Å². The summed E-state index contributed by atoms with van der Waals surface area (Å²) in [6.07, 6.45) is 14.4. The second-order valence-electron chi connectivity index (χ2n) is 8.53. The maximum atomic E-state index is 11.7. The predicted molar refractivity (Wildman–Crippen MR) is 130 cm³/mol. The smallest absolute Gasteiger partial charge is 0.244 e. The van der Waals surface area contributed by atoms with Crippen molar-refractivity contribution in [3.05, 3.63) is 60.2 Å². The molecule has 0 aliphatic rings. The number of hydrogen-bond donors (Lipinski definition) is 1. The lowest BCUT2D eigenvalue weighted by Gasteiger charge is -2.15. The Kier molecular flexibility index (Phi) is 10.8. The van der Waals surface area contributed by atoms with Crippen LogP contribution in [-0.2, 0) is 4.79 Å². The SMILES string of the molecule is Cc1cc(OCCCCCCC/C=C/C=C/C(=O)NC(C)C(C)C)nc2ccccc12. The summed E-state index contributed by atoms with van der Waals surface area (Å²) in [5.74, 6) is 1.14. The maximum Gasteiger partial charge on any atom is 0.244 e. The van der Waals surface area contributed by atoms with E-state index in [4.69, 9.17) is 4.74 Å². The molecule has 0 aliphatic heterocycles.